The number of hydrogen-bond acceptors (Lipinski definition) is 1. The summed E-state index contributed by atoms with van der Waals surface area (Å²) in [5, 5.41) is 1.64. The Kier molecular flexibility index (Phi) is 4.55. The van der Waals surface area contributed by atoms with E-state index in [4.69, 9.17) is 27.9 Å². The van der Waals surface area contributed by atoms with Gasteiger partial charge in [0.1, 0.15) is 16.5 Å². The Bertz CT molecular complexity index is 570. The summed E-state index contributed by atoms with van der Waals surface area (Å²) >= 11 is 15.5. The number of rotatable bonds is 3. The van der Waals surface area contributed by atoms with Gasteiger partial charge in [0, 0.05) is 10.9 Å². The van der Waals surface area contributed by atoms with E-state index in [1.165, 1.54) is 5.56 Å². The number of halogens is 3. The Hall–Kier alpha value is -0.700. The van der Waals surface area contributed by atoms with Crippen LogP contribution >= 0.6 is 39.1 Å². The number of benzene rings is 2. The van der Waals surface area contributed by atoms with Gasteiger partial charge in [0.25, 0.3) is 0 Å². The van der Waals surface area contributed by atoms with Gasteiger partial charge >= 0.3 is 0 Å². The van der Waals surface area contributed by atoms with Gasteiger partial charge in [0.2, 0.25) is 0 Å². The lowest BCUT2D eigenvalue weighted by molar-refractivity contribution is 0.479. The van der Waals surface area contributed by atoms with Gasteiger partial charge in [0.15, 0.2) is 0 Å². The molecule has 0 atom stereocenters. The predicted molar refractivity (Wildman–Crippen MR) is 80.3 cm³/mol. The summed E-state index contributed by atoms with van der Waals surface area (Å²) in [7, 11) is 0. The Balaban J connectivity index is 2.37. The van der Waals surface area contributed by atoms with Crippen molar-refractivity contribution in [2.24, 2.45) is 0 Å². The maximum atomic E-state index is 6.10. The smallest absolute Gasteiger partial charge is 0.147 e. The van der Waals surface area contributed by atoms with E-state index >= 15 is 0 Å². The highest BCUT2D eigenvalue weighted by Gasteiger charge is 2.09. The van der Waals surface area contributed by atoms with Crippen LogP contribution in [0.1, 0.15) is 11.1 Å². The minimum atomic E-state index is 0.431. The van der Waals surface area contributed by atoms with E-state index in [1.807, 2.05) is 25.1 Å². The SMILES string of the molecule is Cc1ccc(Oc2cccc(Cl)c2Cl)c(CBr)c1. The molecule has 0 bridgehead atoms. The minimum Gasteiger partial charge on any atom is -0.455 e. The molecule has 2 rings (SSSR count). The third-order valence-electron chi connectivity index (χ3n) is 2.50. The molecule has 0 N–H and O–H groups in total. The zero-order valence-corrected chi connectivity index (χ0v) is 12.8. The van der Waals surface area contributed by atoms with Crippen molar-refractivity contribution in [3.63, 3.8) is 0 Å². The molecule has 0 amide bonds. The molecule has 2 aromatic carbocycles. The Morgan fingerprint density at radius 1 is 1.11 bits per heavy atom. The van der Waals surface area contributed by atoms with Gasteiger partial charge < -0.3 is 4.74 Å². The molecular formula is C14H11BrCl2O. The zero-order valence-electron chi connectivity index (χ0n) is 9.71. The maximum Gasteiger partial charge on any atom is 0.147 e. The molecule has 0 fully saturated rings. The average molecular weight is 346 g/mol. The monoisotopic (exact) mass is 344 g/mol. The molecule has 0 saturated heterocycles. The molecule has 18 heavy (non-hydrogen) atoms. The van der Waals surface area contributed by atoms with Gasteiger partial charge in [-0.3, -0.25) is 0 Å². The quantitative estimate of drug-likeness (QED) is 0.621. The number of aryl methyl sites for hydroxylation is 1. The van der Waals surface area contributed by atoms with Crippen LogP contribution in [0.4, 0.5) is 0 Å². The third kappa shape index (κ3) is 3.00. The molecule has 0 aliphatic rings. The van der Waals surface area contributed by atoms with Crippen LogP contribution in [0.25, 0.3) is 0 Å². The van der Waals surface area contributed by atoms with Gasteiger partial charge in [-0.05, 0) is 25.1 Å². The first kappa shape index (κ1) is 13.7. The molecule has 1 nitrogen and oxygen atoms in total. The van der Waals surface area contributed by atoms with Gasteiger partial charge in [-0.1, -0.05) is 62.9 Å². The molecule has 0 aromatic heterocycles. The van der Waals surface area contributed by atoms with Crippen molar-refractivity contribution in [3.8, 4) is 11.5 Å². The molecule has 0 radical (unpaired) electrons. The van der Waals surface area contributed by atoms with E-state index in [2.05, 4.69) is 22.0 Å². The second-order valence-corrected chi connectivity index (χ2v) is 5.24. The lowest BCUT2D eigenvalue weighted by Crippen LogP contribution is -1.91. The van der Waals surface area contributed by atoms with Gasteiger partial charge in [0.05, 0.1) is 5.02 Å². The Labute approximate surface area is 125 Å². The van der Waals surface area contributed by atoms with Crippen molar-refractivity contribution in [2.75, 3.05) is 0 Å². The summed E-state index contributed by atoms with van der Waals surface area (Å²) < 4.78 is 5.82. The van der Waals surface area contributed by atoms with Gasteiger partial charge in [-0.15, -0.1) is 0 Å². The lowest BCUT2D eigenvalue weighted by Gasteiger charge is -2.12. The molecule has 0 unspecified atom stereocenters. The second kappa shape index (κ2) is 5.96. The normalized spacial score (nSPS) is 10.4. The summed E-state index contributed by atoms with van der Waals surface area (Å²) in [6.45, 7) is 2.04. The molecule has 0 saturated carbocycles. The van der Waals surface area contributed by atoms with Crippen molar-refractivity contribution in [2.45, 2.75) is 12.3 Å². The molecule has 0 aliphatic carbocycles. The first-order chi connectivity index (χ1) is 8.61. The topological polar surface area (TPSA) is 9.23 Å². The minimum absolute atomic E-state index is 0.431. The Morgan fingerprint density at radius 3 is 2.61 bits per heavy atom. The molecule has 0 spiro atoms. The lowest BCUT2D eigenvalue weighted by atomic mass is 10.1. The van der Waals surface area contributed by atoms with Crippen molar-refractivity contribution >= 4 is 39.1 Å². The maximum absolute atomic E-state index is 6.10. The predicted octanol–water partition coefficient (Wildman–Crippen LogP) is 5.99. The molecule has 0 aliphatic heterocycles. The van der Waals surface area contributed by atoms with Crippen LogP contribution < -0.4 is 4.74 Å². The van der Waals surface area contributed by atoms with Gasteiger partial charge in [-0.25, -0.2) is 0 Å². The van der Waals surface area contributed by atoms with Crippen LogP contribution in [-0.2, 0) is 5.33 Å². The van der Waals surface area contributed by atoms with Crippen molar-refractivity contribution in [3.05, 3.63) is 57.6 Å². The molecule has 4 heteroatoms. The zero-order chi connectivity index (χ0) is 13.1. The van der Waals surface area contributed by atoms with E-state index in [9.17, 15) is 0 Å². The van der Waals surface area contributed by atoms with Crippen LogP contribution in [0.3, 0.4) is 0 Å². The van der Waals surface area contributed by atoms with Gasteiger partial charge in [-0.2, -0.15) is 0 Å². The fourth-order valence-electron chi connectivity index (χ4n) is 1.59. The Morgan fingerprint density at radius 2 is 1.89 bits per heavy atom. The molecule has 2 aromatic rings. The van der Waals surface area contributed by atoms with Crippen LogP contribution in [0, 0.1) is 6.92 Å². The van der Waals surface area contributed by atoms with Crippen LogP contribution in [0.5, 0.6) is 11.5 Å². The van der Waals surface area contributed by atoms with E-state index in [-0.39, 0.29) is 0 Å². The third-order valence-corrected chi connectivity index (χ3v) is 3.90. The number of ether oxygens (including phenoxy) is 1. The fraction of sp³-hybridized carbons (Fsp3) is 0.143. The first-order valence-corrected chi connectivity index (χ1v) is 7.27. The highest BCUT2D eigenvalue weighted by molar-refractivity contribution is 9.08. The molecule has 94 valence electrons. The van der Waals surface area contributed by atoms with E-state index in [1.54, 1.807) is 12.1 Å². The van der Waals surface area contributed by atoms with Crippen molar-refractivity contribution < 1.29 is 4.74 Å². The highest BCUT2D eigenvalue weighted by atomic mass is 79.9. The fourth-order valence-corrected chi connectivity index (χ4v) is 2.36. The van der Waals surface area contributed by atoms with Crippen LogP contribution in [0.2, 0.25) is 10.0 Å². The summed E-state index contributed by atoms with van der Waals surface area (Å²) in [5.41, 5.74) is 2.26. The molecular weight excluding hydrogens is 335 g/mol. The number of hydrogen-bond donors (Lipinski definition) is 0. The largest absolute Gasteiger partial charge is 0.455 e. The first-order valence-electron chi connectivity index (χ1n) is 5.39. The summed E-state index contributed by atoms with van der Waals surface area (Å²) in [5.74, 6) is 1.34. The highest BCUT2D eigenvalue weighted by Crippen LogP contribution is 2.36. The van der Waals surface area contributed by atoms with E-state index < -0.39 is 0 Å². The van der Waals surface area contributed by atoms with E-state index in [0.717, 1.165) is 16.6 Å². The van der Waals surface area contributed by atoms with Crippen molar-refractivity contribution in [1.29, 1.82) is 0 Å². The van der Waals surface area contributed by atoms with Crippen molar-refractivity contribution in [1.82, 2.24) is 0 Å². The summed E-state index contributed by atoms with van der Waals surface area (Å²) in [6.07, 6.45) is 0. The number of alkyl halides is 1. The van der Waals surface area contributed by atoms with E-state index in [0.29, 0.717) is 15.8 Å². The van der Waals surface area contributed by atoms with Crippen LogP contribution in [0.15, 0.2) is 36.4 Å². The molecule has 0 heterocycles. The van der Waals surface area contributed by atoms with Crippen LogP contribution in [-0.4, -0.2) is 0 Å². The second-order valence-electron chi connectivity index (χ2n) is 3.90. The summed E-state index contributed by atoms with van der Waals surface area (Å²) in [4.78, 5) is 0. The average Bonchev–Trinajstić information content (AvgIpc) is 2.37. The standard InChI is InChI=1S/C14H11BrCl2O/c1-9-5-6-12(10(7-9)8-15)18-13-4-2-3-11(16)14(13)17/h2-7H,8H2,1H3. The summed E-state index contributed by atoms with van der Waals surface area (Å²) in [6, 6.07) is 11.3.